The maximum Gasteiger partial charge on any atom is 0.243 e. The Morgan fingerprint density at radius 3 is 2.35 bits per heavy atom. The molecule has 2 aromatic carbocycles. The number of likely N-dealkylation sites (N-methyl/N-ethyl adjacent to an activating group) is 1. The van der Waals surface area contributed by atoms with E-state index in [1.807, 2.05) is 45.0 Å². The third-order valence-corrected chi connectivity index (χ3v) is 7.96. The van der Waals surface area contributed by atoms with Crippen LogP contribution < -0.4 is 20.7 Å². The third kappa shape index (κ3) is 7.84. The van der Waals surface area contributed by atoms with Gasteiger partial charge < -0.3 is 25.6 Å². The van der Waals surface area contributed by atoms with E-state index in [0.29, 0.717) is 19.5 Å². The van der Waals surface area contributed by atoms with E-state index >= 15 is 0 Å². The number of hydrogen-bond acceptors (Lipinski definition) is 5. The van der Waals surface area contributed by atoms with Crippen LogP contribution in [0.2, 0.25) is 0 Å². The van der Waals surface area contributed by atoms with Crippen LogP contribution >= 0.6 is 0 Å². The molecule has 0 unspecified atom stereocenters. The minimum atomic E-state index is -0.753. The molecule has 2 aliphatic rings. The molecule has 216 valence electrons. The summed E-state index contributed by atoms with van der Waals surface area (Å²) >= 11 is 0. The Bertz CT molecular complexity index is 1190. The maximum absolute atomic E-state index is 13.6. The van der Waals surface area contributed by atoms with Gasteiger partial charge in [0.05, 0.1) is 6.04 Å². The molecule has 0 aromatic heterocycles. The van der Waals surface area contributed by atoms with E-state index in [4.69, 9.17) is 4.74 Å². The van der Waals surface area contributed by atoms with Crippen LogP contribution in [0.25, 0.3) is 0 Å². The summed E-state index contributed by atoms with van der Waals surface area (Å²) in [5.74, 6) is 0.390. The summed E-state index contributed by atoms with van der Waals surface area (Å²) < 4.78 is 6.35. The van der Waals surface area contributed by atoms with Crippen LogP contribution in [-0.4, -0.2) is 67.0 Å². The van der Waals surface area contributed by atoms with Gasteiger partial charge in [-0.15, -0.1) is 0 Å². The van der Waals surface area contributed by atoms with Crippen LogP contribution in [-0.2, 0) is 27.2 Å². The Kier molecular flexibility index (Phi) is 9.85. The van der Waals surface area contributed by atoms with Crippen LogP contribution in [0.5, 0.6) is 5.75 Å². The van der Waals surface area contributed by atoms with Crippen molar-refractivity contribution in [1.82, 2.24) is 20.9 Å². The number of carbonyl (C=O) groups excluding carboxylic acids is 3. The van der Waals surface area contributed by atoms with Gasteiger partial charge in [0.2, 0.25) is 17.7 Å². The summed E-state index contributed by atoms with van der Waals surface area (Å²) in [5, 5.41) is 9.40. The van der Waals surface area contributed by atoms with E-state index in [1.165, 1.54) is 4.90 Å². The molecule has 3 amide bonds. The molecule has 1 aliphatic heterocycles. The number of amides is 3. The van der Waals surface area contributed by atoms with Gasteiger partial charge in [0.1, 0.15) is 23.9 Å². The van der Waals surface area contributed by atoms with Gasteiger partial charge >= 0.3 is 0 Å². The molecule has 4 atom stereocenters. The fraction of sp³-hybridized carbons (Fsp3) is 0.531. The van der Waals surface area contributed by atoms with Crippen molar-refractivity contribution in [3.8, 4) is 5.75 Å². The van der Waals surface area contributed by atoms with E-state index in [-0.39, 0.29) is 35.8 Å². The fourth-order valence-electron chi connectivity index (χ4n) is 5.08. The molecule has 4 rings (SSSR count). The van der Waals surface area contributed by atoms with Gasteiger partial charge in [-0.25, -0.2) is 0 Å². The van der Waals surface area contributed by atoms with Crippen molar-refractivity contribution < 1.29 is 19.1 Å². The summed E-state index contributed by atoms with van der Waals surface area (Å²) in [5.41, 5.74) is 4.29. The zero-order valence-corrected chi connectivity index (χ0v) is 24.5. The summed E-state index contributed by atoms with van der Waals surface area (Å²) in [7, 11) is 1.66. The van der Waals surface area contributed by atoms with Crippen molar-refractivity contribution in [2.75, 3.05) is 20.1 Å². The lowest BCUT2D eigenvalue weighted by Crippen LogP contribution is -2.57. The lowest BCUT2D eigenvalue weighted by atomic mass is 10.0. The Hall–Kier alpha value is -3.39. The van der Waals surface area contributed by atoms with E-state index in [2.05, 4.69) is 34.1 Å². The second-order valence-corrected chi connectivity index (χ2v) is 11.5. The molecule has 2 aromatic rings. The SMILES string of the molecule is Cc1ccc(C[C@H]2NC(=O)[C@@H](C)N(C)C(=O)[C@H](C3CC3)NC[C@@H](C)Oc3cc(C)ccc3CCCNC2=O)cc1. The summed E-state index contributed by atoms with van der Waals surface area (Å²) in [6.07, 6.45) is 3.65. The lowest BCUT2D eigenvalue weighted by Gasteiger charge is -2.31. The van der Waals surface area contributed by atoms with Crippen molar-refractivity contribution >= 4 is 17.7 Å². The molecule has 0 saturated heterocycles. The smallest absolute Gasteiger partial charge is 0.243 e. The summed E-state index contributed by atoms with van der Waals surface area (Å²) in [6, 6.07) is 12.3. The number of nitrogens with one attached hydrogen (secondary N) is 3. The van der Waals surface area contributed by atoms with Gasteiger partial charge in [0.25, 0.3) is 0 Å². The van der Waals surface area contributed by atoms with Gasteiger partial charge in [-0.05, 0) is 82.1 Å². The van der Waals surface area contributed by atoms with Crippen molar-refractivity contribution in [2.45, 2.75) is 84.0 Å². The number of rotatable bonds is 3. The minimum Gasteiger partial charge on any atom is -0.489 e. The van der Waals surface area contributed by atoms with E-state index in [9.17, 15) is 14.4 Å². The first-order chi connectivity index (χ1) is 19.1. The highest BCUT2D eigenvalue weighted by Gasteiger charge is 2.39. The second kappa shape index (κ2) is 13.3. The molecule has 1 aliphatic carbocycles. The average molecular weight is 549 g/mol. The van der Waals surface area contributed by atoms with E-state index < -0.39 is 12.1 Å². The Balaban J connectivity index is 1.58. The summed E-state index contributed by atoms with van der Waals surface area (Å²) in [4.78, 5) is 41.7. The largest absolute Gasteiger partial charge is 0.489 e. The van der Waals surface area contributed by atoms with Crippen LogP contribution in [0.15, 0.2) is 42.5 Å². The monoisotopic (exact) mass is 548 g/mol. The van der Waals surface area contributed by atoms with Gasteiger partial charge in [0.15, 0.2) is 0 Å². The zero-order chi connectivity index (χ0) is 28.8. The molecule has 8 heteroatoms. The van der Waals surface area contributed by atoms with E-state index in [1.54, 1.807) is 14.0 Å². The minimum absolute atomic E-state index is 0.116. The van der Waals surface area contributed by atoms with Crippen LogP contribution in [0.4, 0.5) is 0 Å². The molecule has 0 bridgehead atoms. The molecule has 8 nitrogen and oxygen atoms in total. The number of fused-ring (bicyclic) bond motifs is 1. The highest BCUT2D eigenvalue weighted by Crippen LogP contribution is 2.33. The zero-order valence-electron chi connectivity index (χ0n) is 24.5. The van der Waals surface area contributed by atoms with E-state index in [0.717, 1.165) is 53.7 Å². The predicted molar refractivity (Wildman–Crippen MR) is 156 cm³/mol. The molecule has 1 saturated carbocycles. The third-order valence-electron chi connectivity index (χ3n) is 7.96. The van der Waals surface area contributed by atoms with Gasteiger partial charge in [-0.1, -0.05) is 42.0 Å². The molecular weight excluding hydrogens is 504 g/mol. The number of nitrogens with zero attached hydrogens (tertiary/aromatic N) is 1. The molecule has 0 radical (unpaired) electrons. The number of aryl methyl sites for hydroxylation is 3. The number of ether oxygens (including phenoxy) is 1. The Morgan fingerprint density at radius 2 is 1.65 bits per heavy atom. The first kappa shape index (κ1) is 29.6. The van der Waals surface area contributed by atoms with Crippen LogP contribution in [0, 0.1) is 19.8 Å². The molecular formula is C32H44N4O4. The number of carbonyl (C=O) groups is 3. The Morgan fingerprint density at radius 1 is 0.950 bits per heavy atom. The summed E-state index contributed by atoms with van der Waals surface area (Å²) in [6.45, 7) is 8.75. The topological polar surface area (TPSA) is 99.8 Å². The van der Waals surface area contributed by atoms with Crippen molar-refractivity contribution in [3.05, 3.63) is 64.7 Å². The number of hydrogen-bond donors (Lipinski definition) is 3. The first-order valence-electron chi connectivity index (χ1n) is 14.5. The highest BCUT2D eigenvalue weighted by atomic mass is 16.5. The lowest BCUT2D eigenvalue weighted by molar-refractivity contribution is -0.141. The van der Waals surface area contributed by atoms with Crippen LogP contribution in [0.1, 0.15) is 55.4 Å². The van der Waals surface area contributed by atoms with Crippen molar-refractivity contribution in [1.29, 1.82) is 0 Å². The highest BCUT2D eigenvalue weighted by molar-refractivity contribution is 5.93. The standard InChI is InChI=1S/C32H44N4O4/c1-20-8-11-24(12-9-20)18-27-31(38)33-16-6-7-25-13-10-21(2)17-28(25)40-22(3)19-34-29(26-14-15-26)32(39)36(5)23(4)30(37)35-27/h8-13,17,22-23,26-27,29,34H,6-7,14-16,18-19H2,1-5H3,(H,33,38)(H,35,37)/t22-,23-,27-,29+/m1/s1. The molecule has 0 spiro atoms. The first-order valence-corrected chi connectivity index (χ1v) is 14.5. The van der Waals surface area contributed by atoms with Gasteiger partial charge in [-0.2, -0.15) is 0 Å². The predicted octanol–water partition coefficient (Wildman–Crippen LogP) is 3.08. The molecule has 1 fully saturated rings. The normalized spacial score (nSPS) is 25.6. The number of benzene rings is 2. The molecule has 1 heterocycles. The quantitative estimate of drug-likeness (QED) is 0.548. The van der Waals surface area contributed by atoms with Crippen molar-refractivity contribution in [3.63, 3.8) is 0 Å². The van der Waals surface area contributed by atoms with Crippen LogP contribution in [0.3, 0.4) is 0 Å². The van der Waals surface area contributed by atoms with Gasteiger partial charge in [0, 0.05) is 26.6 Å². The maximum atomic E-state index is 13.6. The van der Waals surface area contributed by atoms with Crippen molar-refractivity contribution in [2.24, 2.45) is 5.92 Å². The average Bonchev–Trinajstić information content (AvgIpc) is 3.76. The Labute approximate surface area is 238 Å². The molecule has 3 N–H and O–H groups in total. The van der Waals surface area contributed by atoms with Gasteiger partial charge in [-0.3, -0.25) is 14.4 Å². The second-order valence-electron chi connectivity index (χ2n) is 11.5. The fourth-order valence-corrected chi connectivity index (χ4v) is 5.08. The molecule has 40 heavy (non-hydrogen) atoms.